The lowest BCUT2D eigenvalue weighted by molar-refractivity contribution is 0.0302. The van der Waals surface area contributed by atoms with Crippen molar-refractivity contribution < 1.29 is 18.6 Å². The molecule has 5 rings (SSSR count). The summed E-state index contributed by atoms with van der Waals surface area (Å²) in [6, 6.07) is 16.1. The van der Waals surface area contributed by atoms with E-state index >= 15 is 0 Å². The standard InChI is InChI=1S/C24H24F2N2O2/c1-15-8-17(6-7-27-15)21-10-19(9-16-4-2-3-5-20(16)21)30-14-18(29)11-28-12-22-23(13-28)24(22,25)26/h2-10,18,22-23,29H,11-14H2,1H3. The lowest BCUT2D eigenvalue weighted by Gasteiger charge is -2.23. The van der Waals surface area contributed by atoms with Gasteiger partial charge in [-0.3, -0.25) is 9.88 Å². The van der Waals surface area contributed by atoms with Crippen molar-refractivity contribution in [3.8, 4) is 16.9 Å². The molecule has 1 aliphatic carbocycles. The number of aliphatic hydroxyl groups is 1. The Balaban J connectivity index is 1.30. The first-order valence-corrected chi connectivity index (χ1v) is 10.3. The molecule has 1 aliphatic heterocycles. The first-order chi connectivity index (χ1) is 14.4. The molecule has 1 saturated carbocycles. The number of nitrogens with zero attached hydrogens (tertiary/aromatic N) is 2. The number of hydrogen-bond donors (Lipinski definition) is 1. The van der Waals surface area contributed by atoms with Crippen molar-refractivity contribution in [3.05, 3.63) is 60.4 Å². The van der Waals surface area contributed by atoms with Crippen molar-refractivity contribution in [2.24, 2.45) is 11.8 Å². The first-order valence-electron chi connectivity index (χ1n) is 10.3. The Labute approximate surface area is 174 Å². The average molecular weight is 410 g/mol. The number of halogens is 2. The maximum atomic E-state index is 13.3. The highest BCUT2D eigenvalue weighted by Gasteiger charge is 2.71. The van der Waals surface area contributed by atoms with Gasteiger partial charge in [-0.2, -0.15) is 0 Å². The summed E-state index contributed by atoms with van der Waals surface area (Å²) in [5.74, 6) is -2.88. The molecule has 2 aliphatic rings. The van der Waals surface area contributed by atoms with Crippen LogP contribution < -0.4 is 4.74 Å². The molecule has 0 spiro atoms. The van der Waals surface area contributed by atoms with Gasteiger partial charge in [-0.05, 0) is 53.1 Å². The number of β-amino-alcohol motifs (C(OH)–C–C–N with tert-alkyl or cyclic N) is 1. The minimum atomic E-state index is -2.50. The van der Waals surface area contributed by atoms with Crippen LogP contribution in [0.2, 0.25) is 0 Å². The number of pyridine rings is 1. The Morgan fingerprint density at radius 3 is 2.70 bits per heavy atom. The van der Waals surface area contributed by atoms with Gasteiger partial charge in [0.05, 0.1) is 0 Å². The fourth-order valence-electron chi connectivity index (χ4n) is 4.60. The van der Waals surface area contributed by atoms with E-state index < -0.39 is 23.9 Å². The van der Waals surface area contributed by atoms with Gasteiger partial charge in [0, 0.05) is 43.4 Å². The van der Waals surface area contributed by atoms with Crippen LogP contribution in [-0.4, -0.2) is 53.3 Å². The van der Waals surface area contributed by atoms with E-state index in [1.807, 2.05) is 54.3 Å². The van der Waals surface area contributed by atoms with Crippen LogP contribution in [0.15, 0.2) is 54.7 Å². The monoisotopic (exact) mass is 410 g/mol. The molecule has 1 aromatic heterocycles. The van der Waals surface area contributed by atoms with E-state index in [1.165, 1.54) is 0 Å². The molecule has 0 bridgehead atoms. The Morgan fingerprint density at radius 2 is 1.93 bits per heavy atom. The van der Waals surface area contributed by atoms with E-state index in [0.29, 0.717) is 25.4 Å². The fraction of sp³-hybridized carbons (Fsp3) is 0.375. The number of rotatable bonds is 6. The molecular formula is C24H24F2N2O2. The summed E-state index contributed by atoms with van der Waals surface area (Å²) in [6.07, 6.45) is 1.06. The number of hydrogen-bond acceptors (Lipinski definition) is 4. The van der Waals surface area contributed by atoms with Crippen LogP contribution >= 0.6 is 0 Å². The maximum absolute atomic E-state index is 13.3. The van der Waals surface area contributed by atoms with Crippen molar-refractivity contribution in [2.45, 2.75) is 19.0 Å². The van der Waals surface area contributed by atoms with E-state index in [9.17, 15) is 13.9 Å². The summed E-state index contributed by atoms with van der Waals surface area (Å²) in [7, 11) is 0. The summed E-state index contributed by atoms with van der Waals surface area (Å²) in [6.45, 7) is 3.15. The van der Waals surface area contributed by atoms with Crippen LogP contribution in [0, 0.1) is 18.8 Å². The number of alkyl halides is 2. The lowest BCUT2D eigenvalue weighted by atomic mass is 9.98. The SMILES string of the molecule is Cc1cc(-c2cc(OCC(O)CN3CC4C(C3)C4(F)F)cc3ccccc23)ccn1. The molecule has 3 atom stereocenters. The quantitative estimate of drug-likeness (QED) is 0.663. The van der Waals surface area contributed by atoms with Gasteiger partial charge in [-0.25, -0.2) is 8.78 Å². The third-order valence-electron chi connectivity index (χ3n) is 6.23. The number of ether oxygens (including phenoxy) is 1. The first kappa shape index (κ1) is 19.4. The number of fused-ring (bicyclic) bond motifs is 2. The van der Waals surface area contributed by atoms with Crippen molar-refractivity contribution >= 4 is 10.8 Å². The second kappa shape index (κ2) is 7.29. The minimum Gasteiger partial charge on any atom is -0.491 e. The average Bonchev–Trinajstić information content (AvgIpc) is 3.05. The molecule has 30 heavy (non-hydrogen) atoms. The van der Waals surface area contributed by atoms with Crippen molar-refractivity contribution in [2.75, 3.05) is 26.2 Å². The van der Waals surface area contributed by atoms with Crippen molar-refractivity contribution in [1.29, 1.82) is 0 Å². The van der Waals surface area contributed by atoms with E-state index in [4.69, 9.17) is 4.74 Å². The summed E-state index contributed by atoms with van der Waals surface area (Å²) >= 11 is 0. The second-order valence-electron chi connectivity index (χ2n) is 8.45. The second-order valence-corrected chi connectivity index (χ2v) is 8.45. The Morgan fingerprint density at radius 1 is 1.17 bits per heavy atom. The van der Waals surface area contributed by atoms with Gasteiger partial charge in [0.1, 0.15) is 18.5 Å². The van der Waals surface area contributed by atoms with Gasteiger partial charge in [0.25, 0.3) is 5.92 Å². The van der Waals surface area contributed by atoms with E-state index in [0.717, 1.165) is 27.6 Å². The molecule has 4 nitrogen and oxygen atoms in total. The highest BCUT2D eigenvalue weighted by atomic mass is 19.3. The molecule has 3 aromatic rings. The third-order valence-corrected chi connectivity index (χ3v) is 6.23. The molecule has 2 aromatic carbocycles. The van der Waals surface area contributed by atoms with Crippen LogP contribution in [0.4, 0.5) is 8.78 Å². The van der Waals surface area contributed by atoms with Crippen LogP contribution in [-0.2, 0) is 0 Å². The molecular weight excluding hydrogens is 386 g/mol. The molecule has 0 radical (unpaired) electrons. The van der Waals surface area contributed by atoms with E-state index in [-0.39, 0.29) is 6.61 Å². The van der Waals surface area contributed by atoms with Gasteiger partial charge >= 0.3 is 0 Å². The highest BCUT2D eigenvalue weighted by molar-refractivity contribution is 5.97. The molecule has 2 heterocycles. The minimum absolute atomic E-state index is 0.120. The number of aliphatic hydroxyl groups excluding tert-OH is 1. The van der Waals surface area contributed by atoms with Gasteiger partial charge in [0.2, 0.25) is 0 Å². The van der Waals surface area contributed by atoms with E-state index in [2.05, 4.69) is 11.1 Å². The number of benzene rings is 2. The van der Waals surface area contributed by atoms with Crippen LogP contribution in [0.25, 0.3) is 21.9 Å². The predicted molar refractivity (Wildman–Crippen MR) is 112 cm³/mol. The van der Waals surface area contributed by atoms with Gasteiger partial charge < -0.3 is 9.84 Å². The zero-order valence-corrected chi connectivity index (χ0v) is 16.8. The number of aromatic nitrogens is 1. The van der Waals surface area contributed by atoms with Crippen LogP contribution in [0.5, 0.6) is 5.75 Å². The number of piperidine rings is 1. The molecule has 0 amide bonds. The van der Waals surface area contributed by atoms with Gasteiger partial charge in [-0.1, -0.05) is 24.3 Å². The fourth-order valence-corrected chi connectivity index (χ4v) is 4.60. The summed E-state index contributed by atoms with van der Waals surface area (Å²) in [4.78, 5) is 6.19. The third kappa shape index (κ3) is 3.55. The topological polar surface area (TPSA) is 45.6 Å². The van der Waals surface area contributed by atoms with Gasteiger partial charge in [0.15, 0.2) is 0 Å². The molecule has 1 saturated heterocycles. The van der Waals surface area contributed by atoms with E-state index in [1.54, 1.807) is 6.20 Å². The van der Waals surface area contributed by atoms with Gasteiger partial charge in [-0.15, -0.1) is 0 Å². The Kier molecular flexibility index (Phi) is 4.71. The maximum Gasteiger partial charge on any atom is 0.257 e. The Bertz CT molecular complexity index is 1070. The number of aryl methyl sites for hydroxylation is 1. The highest BCUT2D eigenvalue weighted by Crippen LogP contribution is 2.59. The smallest absolute Gasteiger partial charge is 0.257 e. The largest absolute Gasteiger partial charge is 0.491 e. The molecule has 156 valence electrons. The molecule has 3 unspecified atom stereocenters. The zero-order chi connectivity index (χ0) is 20.9. The summed E-state index contributed by atoms with van der Waals surface area (Å²) < 4.78 is 32.6. The summed E-state index contributed by atoms with van der Waals surface area (Å²) in [5, 5.41) is 12.5. The zero-order valence-electron chi connectivity index (χ0n) is 16.8. The normalized spacial score (nSPS) is 23.3. The number of likely N-dealkylation sites (tertiary alicyclic amines) is 1. The summed E-state index contributed by atoms with van der Waals surface area (Å²) in [5.41, 5.74) is 3.04. The van der Waals surface area contributed by atoms with Crippen LogP contribution in [0.3, 0.4) is 0 Å². The van der Waals surface area contributed by atoms with Crippen molar-refractivity contribution in [3.63, 3.8) is 0 Å². The Hall–Kier alpha value is -2.57. The van der Waals surface area contributed by atoms with Crippen LogP contribution in [0.1, 0.15) is 5.69 Å². The molecule has 2 fully saturated rings. The molecule has 1 N–H and O–H groups in total. The lowest BCUT2D eigenvalue weighted by Crippen LogP contribution is -2.37. The van der Waals surface area contributed by atoms with Crippen molar-refractivity contribution in [1.82, 2.24) is 9.88 Å². The molecule has 6 heteroatoms. The predicted octanol–water partition coefficient (Wildman–Crippen LogP) is 4.15.